The van der Waals surface area contributed by atoms with Crippen molar-refractivity contribution in [3.05, 3.63) is 0 Å². The minimum absolute atomic E-state index is 0.0796. The van der Waals surface area contributed by atoms with Gasteiger partial charge in [-0.3, -0.25) is 34.0 Å². The fraction of sp³-hybridized carbons (Fsp3) is 0.794. The summed E-state index contributed by atoms with van der Waals surface area (Å²) in [5.41, 5.74) is 27.2. The molecule has 0 aromatic rings. The van der Waals surface area contributed by atoms with Crippen molar-refractivity contribution >= 4 is 52.4 Å². The summed E-state index contributed by atoms with van der Waals surface area (Å²) in [7, 11) is 0. The molecule has 0 saturated heterocycles. The Hall–Kier alpha value is -3.66. The molecule has 0 radical (unpaired) electrons. The standard InChI is InChI=1S/C34H66ClN11O5/c1-4-5-6-7-8-9-10-11-19-27(47)43-25(18-15-22-42-34(39)40)31(50)46-28(23(2)3)32(51)45-26(16-12-13-20-36)30(49)44-24(29(35)48)17-14-21-41-33(37)38/h23-26,28H,4-22,36H2,1-3H3,(H,43,47)(H,44,49)(H,45,51)(H,46,50)(H4,37,38,41)(H4,39,40,42)/t24-,25-,26+,28+/m0/s1. The first-order valence-electron chi connectivity index (χ1n) is 18.4. The first kappa shape index (κ1) is 47.3. The van der Waals surface area contributed by atoms with Crippen molar-refractivity contribution in [2.24, 2.45) is 44.6 Å². The highest BCUT2D eigenvalue weighted by Crippen LogP contribution is 2.12. The van der Waals surface area contributed by atoms with Gasteiger partial charge in [-0.1, -0.05) is 65.7 Å². The van der Waals surface area contributed by atoms with Gasteiger partial charge >= 0.3 is 0 Å². The van der Waals surface area contributed by atoms with E-state index in [0.29, 0.717) is 38.6 Å². The van der Waals surface area contributed by atoms with Gasteiger partial charge in [0.1, 0.15) is 24.2 Å². The lowest BCUT2D eigenvalue weighted by Crippen LogP contribution is -2.59. The van der Waals surface area contributed by atoms with Crippen molar-refractivity contribution in [3.8, 4) is 0 Å². The number of amides is 4. The van der Waals surface area contributed by atoms with Gasteiger partial charge in [0, 0.05) is 19.5 Å². The van der Waals surface area contributed by atoms with Gasteiger partial charge in [0.05, 0.1) is 0 Å². The highest BCUT2D eigenvalue weighted by molar-refractivity contribution is 6.64. The van der Waals surface area contributed by atoms with Crippen molar-refractivity contribution in [1.29, 1.82) is 0 Å². The van der Waals surface area contributed by atoms with Crippen LogP contribution in [-0.2, 0) is 24.0 Å². The lowest BCUT2D eigenvalue weighted by molar-refractivity contribution is -0.135. The number of unbranched alkanes of at least 4 members (excludes halogenated alkanes) is 8. The number of nitrogens with two attached hydrogens (primary N) is 5. The molecule has 0 aliphatic carbocycles. The molecule has 17 heteroatoms. The van der Waals surface area contributed by atoms with Crippen molar-refractivity contribution < 1.29 is 24.0 Å². The van der Waals surface area contributed by atoms with E-state index in [1.54, 1.807) is 13.8 Å². The Bertz CT molecular complexity index is 1100. The summed E-state index contributed by atoms with van der Waals surface area (Å²) in [6.07, 6.45) is 11.5. The fourth-order valence-corrected chi connectivity index (χ4v) is 5.45. The third-order valence-electron chi connectivity index (χ3n) is 8.22. The lowest BCUT2D eigenvalue weighted by Gasteiger charge is -2.28. The molecule has 0 fully saturated rings. The van der Waals surface area contributed by atoms with Crippen LogP contribution in [0.1, 0.15) is 124 Å². The van der Waals surface area contributed by atoms with E-state index in [1.807, 2.05) is 0 Å². The molecule has 0 aromatic carbocycles. The summed E-state index contributed by atoms with van der Waals surface area (Å²) in [6, 6.07) is -4.05. The van der Waals surface area contributed by atoms with Gasteiger partial charge in [-0.2, -0.15) is 0 Å². The van der Waals surface area contributed by atoms with Crippen LogP contribution in [0.4, 0.5) is 0 Å². The Kier molecular flexibility index (Phi) is 26.9. The minimum atomic E-state index is -1.04. The van der Waals surface area contributed by atoms with E-state index in [4.69, 9.17) is 40.3 Å². The molecule has 0 saturated carbocycles. The fourth-order valence-electron chi connectivity index (χ4n) is 5.29. The molecule has 0 aliphatic rings. The molecular weight excluding hydrogens is 678 g/mol. The summed E-state index contributed by atoms with van der Waals surface area (Å²) in [6.45, 7) is 6.56. The predicted octanol–water partition coefficient (Wildman–Crippen LogP) is 1.11. The predicted molar refractivity (Wildman–Crippen MR) is 203 cm³/mol. The molecule has 51 heavy (non-hydrogen) atoms. The number of hydrogen-bond acceptors (Lipinski definition) is 8. The molecular formula is C34H66ClN11O5. The van der Waals surface area contributed by atoms with Gasteiger partial charge < -0.3 is 49.9 Å². The van der Waals surface area contributed by atoms with Crippen LogP contribution < -0.4 is 49.9 Å². The molecule has 0 rings (SSSR count). The third kappa shape index (κ3) is 24.2. The van der Waals surface area contributed by atoms with Gasteiger partial charge in [0.2, 0.25) is 28.9 Å². The van der Waals surface area contributed by atoms with Crippen LogP contribution >= 0.6 is 11.6 Å². The van der Waals surface area contributed by atoms with Crippen molar-refractivity contribution in [2.75, 3.05) is 19.6 Å². The maximum absolute atomic E-state index is 13.6. The van der Waals surface area contributed by atoms with Crippen molar-refractivity contribution in [2.45, 2.75) is 148 Å². The zero-order valence-corrected chi connectivity index (χ0v) is 31.8. The average molecular weight is 744 g/mol. The number of carbonyl (C=O) groups excluding carboxylic acids is 5. The molecule has 0 bridgehead atoms. The number of rotatable bonds is 30. The SMILES string of the molecule is CCCCCCCCCCC(=O)N[C@@H](CCCN=C(N)N)C(=O)N[C@@H](C(=O)N[C@H](CCCCN)C(=O)N[C@@H](CCCN=C(N)N)C(=O)Cl)C(C)C. The van der Waals surface area contributed by atoms with Crippen LogP contribution in [0.2, 0.25) is 0 Å². The van der Waals surface area contributed by atoms with Gasteiger partial charge in [-0.15, -0.1) is 0 Å². The smallest absolute Gasteiger partial charge is 0.243 e. The molecule has 4 atom stereocenters. The highest BCUT2D eigenvalue weighted by atomic mass is 35.5. The molecule has 4 amide bonds. The summed E-state index contributed by atoms with van der Waals surface area (Å²) < 4.78 is 0. The van der Waals surface area contributed by atoms with Crippen LogP contribution in [0, 0.1) is 5.92 Å². The Labute approximate surface area is 309 Å². The Morgan fingerprint density at radius 3 is 1.57 bits per heavy atom. The van der Waals surface area contributed by atoms with Crippen LogP contribution in [0.5, 0.6) is 0 Å². The number of nitrogens with one attached hydrogen (secondary N) is 4. The zero-order valence-electron chi connectivity index (χ0n) is 31.0. The van der Waals surface area contributed by atoms with Crippen LogP contribution in [0.25, 0.3) is 0 Å². The second-order valence-corrected chi connectivity index (χ2v) is 13.6. The molecule has 16 nitrogen and oxygen atoms in total. The maximum atomic E-state index is 13.6. The Morgan fingerprint density at radius 2 is 1.06 bits per heavy atom. The van der Waals surface area contributed by atoms with Crippen LogP contribution in [0.15, 0.2) is 9.98 Å². The largest absolute Gasteiger partial charge is 0.370 e. The summed E-state index contributed by atoms with van der Waals surface area (Å²) in [5.74, 6) is -2.57. The zero-order chi connectivity index (χ0) is 38.6. The number of aliphatic imine (C=N–C) groups is 2. The molecule has 294 valence electrons. The molecule has 0 aromatic heterocycles. The molecule has 0 unspecified atom stereocenters. The van der Waals surface area contributed by atoms with E-state index in [0.717, 1.165) is 19.3 Å². The van der Waals surface area contributed by atoms with Gasteiger partial charge in [-0.25, -0.2) is 0 Å². The first-order chi connectivity index (χ1) is 24.2. The lowest BCUT2D eigenvalue weighted by atomic mass is 10.0. The van der Waals surface area contributed by atoms with Gasteiger partial charge in [-0.05, 0) is 75.4 Å². The van der Waals surface area contributed by atoms with Crippen molar-refractivity contribution in [3.63, 3.8) is 0 Å². The van der Waals surface area contributed by atoms with E-state index in [9.17, 15) is 24.0 Å². The number of carbonyl (C=O) groups is 5. The second kappa shape index (κ2) is 29.0. The summed E-state index contributed by atoms with van der Waals surface area (Å²) in [4.78, 5) is 73.4. The number of nitrogens with zero attached hydrogens (tertiary/aromatic N) is 2. The van der Waals surface area contributed by atoms with Crippen LogP contribution in [-0.4, -0.2) is 84.6 Å². The average Bonchev–Trinajstić information content (AvgIpc) is 3.06. The molecule has 14 N–H and O–H groups in total. The van der Waals surface area contributed by atoms with Gasteiger partial charge in [0.25, 0.3) is 0 Å². The van der Waals surface area contributed by atoms with E-state index in [1.165, 1.54) is 25.7 Å². The number of guanidine groups is 2. The van der Waals surface area contributed by atoms with Crippen LogP contribution in [0.3, 0.4) is 0 Å². The summed E-state index contributed by atoms with van der Waals surface area (Å²) >= 11 is 5.77. The number of halogens is 1. The quantitative estimate of drug-likeness (QED) is 0.0219. The van der Waals surface area contributed by atoms with E-state index < -0.39 is 47.1 Å². The van der Waals surface area contributed by atoms with Crippen molar-refractivity contribution in [1.82, 2.24) is 21.3 Å². The molecule has 0 heterocycles. The molecule has 0 aliphatic heterocycles. The monoisotopic (exact) mass is 743 g/mol. The van der Waals surface area contributed by atoms with E-state index >= 15 is 0 Å². The van der Waals surface area contributed by atoms with Gasteiger partial charge in [0.15, 0.2) is 11.9 Å². The summed E-state index contributed by atoms with van der Waals surface area (Å²) in [5, 5.41) is 10.2. The van der Waals surface area contributed by atoms with E-state index in [-0.39, 0.29) is 62.5 Å². The first-order valence-corrected chi connectivity index (χ1v) is 18.8. The maximum Gasteiger partial charge on any atom is 0.243 e. The number of hydrogen-bond donors (Lipinski definition) is 9. The molecule has 0 spiro atoms. The topological polar surface area (TPSA) is 288 Å². The minimum Gasteiger partial charge on any atom is -0.370 e. The highest BCUT2D eigenvalue weighted by Gasteiger charge is 2.32. The Morgan fingerprint density at radius 1 is 0.588 bits per heavy atom. The third-order valence-corrected chi connectivity index (χ3v) is 8.48. The Balaban J connectivity index is 5.66. The normalized spacial score (nSPS) is 13.3. The van der Waals surface area contributed by atoms with E-state index in [2.05, 4.69) is 38.2 Å². The second-order valence-electron chi connectivity index (χ2n) is 13.2.